The summed E-state index contributed by atoms with van der Waals surface area (Å²) < 4.78 is 25.8. The highest BCUT2D eigenvalue weighted by Crippen LogP contribution is 2.38. The van der Waals surface area contributed by atoms with Gasteiger partial charge in [-0.1, -0.05) is 23.2 Å². The fraction of sp³-hybridized carbons (Fsp3) is 0.167. The molecular formula is C18H14Cl2FN5O6. The van der Waals surface area contributed by atoms with Crippen molar-refractivity contribution in [1.29, 1.82) is 0 Å². The van der Waals surface area contributed by atoms with Gasteiger partial charge >= 0.3 is 23.2 Å². The Bertz CT molecular complexity index is 1370. The molecule has 1 amide bonds. The minimum Gasteiger partial charge on any atom is -0.453 e. The van der Waals surface area contributed by atoms with Crippen molar-refractivity contribution in [2.75, 3.05) is 0 Å². The Morgan fingerprint density at radius 1 is 1.19 bits per heavy atom. The molecule has 0 radical (unpaired) electrons. The maximum Gasteiger partial charge on any atom is 0.411 e. The Kier molecular flexibility index (Phi) is 6.37. The summed E-state index contributed by atoms with van der Waals surface area (Å²) in [6.07, 6.45) is -0.0269. The highest BCUT2D eigenvalue weighted by molar-refractivity contribution is 6.37. The van der Waals surface area contributed by atoms with E-state index in [9.17, 15) is 23.6 Å². The molecule has 3 rings (SSSR count). The van der Waals surface area contributed by atoms with Crippen LogP contribution < -0.4 is 32.0 Å². The van der Waals surface area contributed by atoms with Crippen LogP contribution >= 0.6 is 23.2 Å². The van der Waals surface area contributed by atoms with Gasteiger partial charge in [-0.15, -0.1) is 5.10 Å². The molecule has 0 saturated heterocycles. The third-order valence-corrected chi connectivity index (χ3v) is 4.53. The lowest BCUT2D eigenvalue weighted by Gasteiger charge is -2.15. The van der Waals surface area contributed by atoms with Crippen LogP contribution in [0.2, 0.25) is 10.0 Å². The molecule has 32 heavy (non-hydrogen) atoms. The number of rotatable bonds is 5. The molecule has 0 bridgehead atoms. The van der Waals surface area contributed by atoms with E-state index < -0.39 is 34.6 Å². The number of hydrogen-bond donors (Lipinski definition) is 2. The summed E-state index contributed by atoms with van der Waals surface area (Å²) in [5, 5.41) is 3.39. The second kappa shape index (κ2) is 8.85. The Morgan fingerprint density at radius 3 is 2.38 bits per heavy atom. The number of H-pyrrole nitrogens is 1. The molecule has 168 valence electrons. The van der Waals surface area contributed by atoms with E-state index in [4.69, 9.17) is 33.7 Å². The molecule has 3 aromatic rings. The van der Waals surface area contributed by atoms with Crippen LogP contribution in [0.25, 0.3) is 5.69 Å². The van der Waals surface area contributed by atoms with Crippen LogP contribution in [-0.4, -0.2) is 25.4 Å². The number of nitrogens with two attached hydrogens (primary N) is 1. The van der Waals surface area contributed by atoms with Gasteiger partial charge in [0.1, 0.15) is 5.75 Å². The molecule has 2 heterocycles. The van der Waals surface area contributed by atoms with Gasteiger partial charge in [0, 0.05) is 12.1 Å². The van der Waals surface area contributed by atoms with Crippen molar-refractivity contribution in [3.63, 3.8) is 0 Å². The summed E-state index contributed by atoms with van der Waals surface area (Å²) in [7, 11) is 0. The molecule has 0 aliphatic heterocycles. The standard InChI is InChI=1S/C18H14Cl2FN5O6/c1-7(2)25-6-9(5-12(21)16(25)28)31-13-10(19)3-8(4-11(13)20)26-18(30)23-14(27)15(24-26)32-17(22)29/h3-7H,1-2H3,(H2,22,29)(H,23,27,30). The summed E-state index contributed by atoms with van der Waals surface area (Å²) in [5.41, 5.74) is 1.95. The van der Waals surface area contributed by atoms with E-state index in [2.05, 4.69) is 9.84 Å². The maximum absolute atomic E-state index is 14.0. The normalized spacial score (nSPS) is 10.9. The average molecular weight is 486 g/mol. The Morgan fingerprint density at radius 2 is 1.81 bits per heavy atom. The molecule has 0 aliphatic carbocycles. The zero-order valence-corrected chi connectivity index (χ0v) is 17.9. The molecular weight excluding hydrogens is 472 g/mol. The summed E-state index contributed by atoms with van der Waals surface area (Å²) >= 11 is 12.4. The van der Waals surface area contributed by atoms with Crippen LogP contribution in [-0.2, 0) is 0 Å². The van der Waals surface area contributed by atoms with Gasteiger partial charge in [0.05, 0.1) is 21.9 Å². The minimum absolute atomic E-state index is 0.0266. The molecule has 0 saturated carbocycles. The number of nitrogens with one attached hydrogen (secondary N) is 1. The second-order valence-electron chi connectivity index (χ2n) is 6.57. The van der Waals surface area contributed by atoms with E-state index in [1.54, 1.807) is 13.8 Å². The van der Waals surface area contributed by atoms with Crippen LogP contribution in [0.4, 0.5) is 9.18 Å². The lowest BCUT2D eigenvalue weighted by Crippen LogP contribution is -2.34. The van der Waals surface area contributed by atoms with Gasteiger partial charge in [-0.05, 0) is 26.0 Å². The SMILES string of the molecule is CC(C)n1cc(Oc2c(Cl)cc(-n3nc(OC(N)=O)c(=O)[nH]c3=O)cc2Cl)cc(F)c1=O. The first kappa shape index (κ1) is 23.0. The summed E-state index contributed by atoms with van der Waals surface area (Å²) in [5.74, 6) is -1.97. The van der Waals surface area contributed by atoms with Crippen LogP contribution in [0.3, 0.4) is 0 Å². The first-order valence-electron chi connectivity index (χ1n) is 8.77. The Balaban J connectivity index is 2.05. The van der Waals surface area contributed by atoms with Crippen molar-refractivity contribution in [3.05, 3.63) is 71.5 Å². The van der Waals surface area contributed by atoms with Crippen LogP contribution in [0, 0.1) is 5.82 Å². The van der Waals surface area contributed by atoms with Gasteiger partial charge in [-0.3, -0.25) is 14.6 Å². The van der Waals surface area contributed by atoms with E-state index in [1.807, 2.05) is 4.98 Å². The predicted octanol–water partition coefficient (Wildman–Crippen LogP) is 2.36. The van der Waals surface area contributed by atoms with E-state index in [-0.39, 0.29) is 33.3 Å². The van der Waals surface area contributed by atoms with Crippen molar-refractivity contribution in [2.24, 2.45) is 5.73 Å². The Hall–Kier alpha value is -3.64. The van der Waals surface area contributed by atoms with Gasteiger partial charge < -0.3 is 19.8 Å². The monoisotopic (exact) mass is 485 g/mol. The highest BCUT2D eigenvalue weighted by atomic mass is 35.5. The number of nitrogens with zero attached hydrogens (tertiary/aromatic N) is 3. The molecule has 11 nitrogen and oxygen atoms in total. The van der Waals surface area contributed by atoms with E-state index in [1.165, 1.54) is 18.3 Å². The van der Waals surface area contributed by atoms with Crippen molar-refractivity contribution in [1.82, 2.24) is 19.3 Å². The largest absolute Gasteiger partial charge is 0.453 e. The molecule has 2 aromatic heterocycles. The maximum atomic E-state index is 14.0. The zero-order valence-electron chi connectivity index (χ0n) is 16.4. The van der Waals surface area contributed by atoms with Crippen LogP contribution in [0.5, 0.6) is 17.4 Å². The molecule has 1 aromatic carbocycles. The smallest absolute Gasteiger partial charge is 0.411 e. The minimum atomic E-state index is -1.32. The molecule has 0 aliphatic rings. The number of halogens is 3. The molecule has 0 fully saturated rings. The zero-order chi connectivity index (χ0) is 23.7. The summed E-state index contributed by atoms with van der Waals surface area (Å²) in [6, 6.07) is 2.95. The van der Waals surface area contributed by atoms with Crippen molar-refractivity contribution < 1.29 is 18.7 Å². The molecule has 3 N–H and O–H groups in total. The van der Waals surface area contributed by atoms with Gasteiger partial charge in [0.15, 0.2) is 11.6 Å². The topological polar surface area (TPSA) is 151 Å². The van der Waals surface area contributed by atoms with Gasteiger partial charge in [0.25, 0.3) is 5.56 Å². The lowest BCUT2D eigenvalue weighted by molar-refractivity contribution is 0.207. The number of pyridine rings is 1. The number of hydrogen-bond acceptors (Lipinski definition) is 7. The number of benzene rings is 1. The predicted molar refractivity (Wildman–Crippen MR) is 112 cm³/mol. The first-order valence-corrected chi connectivity index (χ1v) is 9.53. The van der Waals surface area contributed by atoms with Gasteiger partial charge in [-0.2, -0.15) is 4.68 Å². The van der Waals surface area contributed by atoms with E-state index in [0.717, 1.165) is 10.6 Å². The number of amides is 1. The fourth-order valence-electron chi connectivity index (χ4n) is 2.59. The third-order valence-electron chi connectivity index (χ3n) is 3.97. The fourth-order valence-corrected chi connectivity index (χ4v) is 3.14. The van der Waals surface area contributed by atoms with E-state index >= 15 is 0 Å². The Labute approximate surface area is 187 Å². The van der Waals surface area contributed by atoms with Crippen molar-refractivity contribution in [2.45, 2.75) is 19.9 Å². The van der Waals surface area contributed by atoms with Crippen LogP contribution in [0.1, 0.15) is 19.9 Å². The number of aromatic amines is 1. The van der Waals surface area contributed by atoms with Gasteiger partial charge in [-0.25, -0.2) is 14.0 Å². The summed E-state index contributed by atoms with van der Waals surface area (Å²) in [6.45, 7) is 3.37. The third kappa shape index (κ3) is 4.65. The quantitative estimate of drug-likeness (QED) is 0.562. The molecule has 0 unspecified atom stereocenters. The molecule has 0 spiro atoms. The van der Waals surface area contributed by atoms with Gasteiger partial charge in [0.2, 0.25) is 0 Å². The lowest BCUT2D eigenvalue weighted by atomic mass is 10.3. The first-order chi connectivity index (χ1) is 15.0. The number of primary amides is 1. The summed E-state index contributed by atoms with van der Waals surface area (Å²) in [4.78, 5) is 48.5. The van der Waals surface area contributed by atoms with Crippen molar-refractivity contribution in [3.8, 4) is 23.1 Å². The second-order valence-corrected chi connectivity index (χ2v) is 7.38. The van der Waals surface area contributed by atoms with Crippen LogP contribution in [0.15, 0.2) is 38.8 Å². The van der Waals surface area contributed by atoms with Crippen molar-refractivity contribution >= 4 is 29.3 Å². The number of carbonyl (C=O) groups is 1. The average Bonchev–Trinajstić information content (AvgIpc) is 2.68. The number of carbonyl (C=O) groups excluding carboxylic acids is 1. The molecule has 14 heteroatoms. The molecule has 0 atom stereocenters. The number of ether oxygens (including phenoxy) is 2. The van der Waals surface area contributed by atoms with E-state index in [0.29, 0.717) is 4.68 Å². The highest BCUT2D eigenvalue weighted by Gasteiger charge is 2.18. The number of aromatic nitrogens is 4.